The van der Waals surface area contributed by atoms with Crippen LogP contribution in [0.25, 0.3) is 0 Å². The van der Waals surface area contributed by atoms with Crippen LogP contribution in [0.15, 0.2) is 6.07 Å². The highest BCUT2D eigenvalue weighted by atomic mass is 16.5. The van der Waals surface area contributed by atoms with Crippen molar-refractivity contribution in [3.05, 3.63) is 11.9 Å². The van der Waals surface area contributed by atoms with Crippen molar-refractivity contribution in [3.63, 3.8) is 0 Å². The van der Waals surface area contributed by atoms with Crippen molar-refractivity contribution in [2.45, 2.75) is 20.0 Å². The minimum Gasteiger partial charge on any atom is -0.377 e. The molecule has 0 fully saturated rings. The lowest BCUT2D eigenvalue weighted by Crippen LogP contribution is -2.17. The molecule has 1 aromatic heterocycles. The number of aromatic nitrogens is 2. The molecule has 108 valence electrons. The maximum atomic E-state index is 5.09. The van der Waals surface area contributed by atoms with Crippen LogP contribution >= 0.6 is 0 Å². The maximum Gasteiger partial charge on any atom is 0.158 e. The second kappa shape index (κ2) is 8.66. The summed E-state index contributed by atoms with van der Waals surface area (Å²) in [6.07, 6.45) is 1.08. The van der Waals surface area contributed by atoms with Crippen molar-refractivity contribution < 1.29 is 4.74 Å². The van der Waals surface area contributed by atoms with E-state index < -0.39 is 0 Å². The van der Waals surface area contributed by atoms with Crippen LogP contribution in [0.4, 0.5) is 11.6 Å². The maximum absolute atomic E-state index is 5.09. The Kier molecular flexibility index (Phi) is 7.14. The molecule has 19 heavy (non-hydrogen) atoms. The van der Waals surface area contributed by atoms with Gasteiger partial charge in [0.2, 0.25) is 0 Å². The zero-order valence-corrected chi connectivity index (χ0v) is 12.4. The van der Waals surface area contributed by atoms with E-state index in [0.29, 0.717) is 12.4 Å². The summed E-state index contributed by atoms with van der Waals surface area (Å²) in [7, 11) is 5.79. The van der Waals surface area contributed by atoms with Crippen molar-refractivity contribution in [1.29, 1.82) is 0 Å². The van der Waals surface area contributed by atoms with Crippen LogP contribution in [0, 0.1) is 0 Å². The van der Waals surface area contributed by atoms with Crippen molar-refractivity contribution in [3.8, 4) is 0 Å². The fourth-order valence-corrected chi connectivity index (χ4v) is 1.66. The van der Waals surface area contributed by atoms with Gasteiger partial charge < -0.3 is 20.3 Å². The molecule has 0 radical (unpaired) electrons. The fourth-order valence-electron chi connectivity index (χ4n) is 1.66. The average Bonchev–Trinajstić information content (AvgIpc) is 2.35. The minimum absolute atomic E-state index is 0.422. The van der Waals surface area contributed by atoms with E-state index in [1.807, 2.05) is 13.0 Å². The van der Waals surface area contributed by atoms with Crippen LogP contribution in [0.1, 0.15) is 19.2 Å². The fraction of sp³-hybridized carbons (Fsp3) is 0.692. The Morgan fingerprint density at radius 1 is 1.21 bits per heavy atom. The molecule has 1 rings (SSSR count). The topological polar surface area (TPSA) is 62.3 Å². The first-order valence-corrected chi connectivity index (χ1v) is 6.65. The molecule has 1 aromatic rings. The summed E-state index contributed by atoms with van der Waals surface area (Å²) in [4.78, 5) is 11.0. The molecule has 0 unspecified atom stereocenters. The molecule has 0 spiro atoms. The number of nitrogens with one attached hydrogen (secondary N) is 2. The van der Waals surface area contributed by atoms with Gasteiger partial charge in [0.05, 0.1) is 0 Å². The first-order chi connectivity index (χ1) is 9.15. The predicted octanol–water partition coefficient (Wildman–Crippen LogP) is 1.42. The lowest BCUT2D eigenvalue weighted by atomic mass is 10.4. The van der Waals surface area contributed by atoms with Crippen molar-refractivity contribution in [2.24, 2.45) is 0 Å². The number of nitrogens with zero attached hydrogens (tertiary/aromatic N) is 3. The monoisotopic (exact) mass is 267 g/mol. The number of hydrogen-bond donors (Lipinski definition) is 2. The van der Waals surface area contributed by atoms with Gasteiger partial charge in [0.1, 0.15) is 18.2 Å². The molecule has 0 aliphatic heterocycles. The minimum atomic E-state index is 0.422. The summed E-state index contributed by atoms with van der Waals surface area (Å²) < 4.78 is 5.09. The summed E-state index contributed by atoms with van der Waals surface area (Å²) in [6, 6.07) is 1.93. The second-order valence-corrected chi connectivity index (χ2v) is 4.60. The van der Waals surface area contributed by atoms with Gasteiger partial charge in [0.15, 0.2) is 5.82 Å². The van der Waals surface area contributed by atoms with E-state index in [1.54, 1.807) is 7.11 Å². The number of anilines is 2. The van der Waals surface area contributed by atoms with E-state index in [-0.39, 0.29) is 0 Å². The molecule has 0 aromatic carbocycles. The van der Waals surface area contributed by atoms with Gasteiger partial charge in [-0.3, -0.25) is 0 Å². The summed E-state index contributed by atoms with van der Waals surface area (Å²) in [6.45, 7) is 5.26. The lowest BCUT2D eigenvalue weighted by Gasteiger charge is -2.12. The third-order valence-corrected chi connectivity index (χ3v) is 2.49. The van der Waals surface area contributed by atoms with Crippen molar-refractivity contribution in [1.82, 2.24) is 14.9 Å². The Morgan fingerprint density at radius 2 is 1.89 bits per heavy atom. The third-order valence-electron chi connectivity index (χ3n) is 2.49. The van der Waals surface area contributed by atoms with Gasteiger partial charge in [0, 0.05) is 26.3 Å². The first-order valence-electron chi connectivity index (χ1n) is 6.65. The molecule has 0 saturated carbocycles. The van der Waals surface area contributed by atoms with Crippen molar-refractivity contribution in [2.75, 3.05) is 51.5 Å². The Bertz CT molecular complexity index is 346. The zero-order chi connectivity index (χ0) is 14.1. The zero-order valence-electron chi connectivity index (χ0n) is 12.4. The van der Waals surface area contributed by atoms with Crippen LogP contribution in [0.3, 0.4) is 0 Å². The second-order valence-electron chi connectivity index (χ2n) is 4.60. The Labute approximate surface area is 115 Å². The standard InChI is InChI=1S/C13H25N5O/c1-5-14-11-9-12(15-7-6-8-18(2)3)17-13(16-11)10-19-4/h9H,5-8,10H2,1-4H3,(H2,14,15,16,17). The summed E-state index contributed by atoms with van der Waals surface area (Å²) in [5.41, 5.74) is 0. The number of ether oxygens (including phenoxy) is 1. The van der Waals surface area contributed by atoms with Gasteiger partial charge in [-0.05, 0) is 34.0 Å². The highest BCUT2D eigenvalue weighted by Crippen LogP contribution is 2.11. The highest BCUT2D eigenvalue weighted by Gasteiger charge is 2.04. The van der Waals surface area contributed by atoms with Gasteiger partial charge in [-0.15, -0.1) is 0 Å². The van der Waals surface area contributed by atoms with Crippen molar-refractivity contribution >= 4 is 11.6 Å². The van der Waals surface area contributed by atoms with Gasteiger partial charge in [-0.1, -0.05) is 0 Å². The smallest absolute Gasteiger partial charge is 0.158 e. The molecular formula is C13H25N5O. The molecule has 6 heteroatoms. The van der Waals surface area contributed by atoms with E-state index in [0.717, 1.165) is 37.7 Å². The van der Waals surface area contributed by atoms with E-state index >= 15 is 0 Å². The van der Waals surface area contributed by atoms with Crippen LogP contribution in [-0.2, 0) is 11.3 Å². The third kappa shape index (κ3) is 6.35. The van der Waals surface area contributed by atoms with E-state index in [9.17, 15) is 0 Å². The normalized spacial score (nSPS) is 10.8. The van der Waals surface area contributed by atoms with E-state index in [1.165, 1.54) is 0 Å². The van der Waals surface area contributed by atoms with Crippen LogP contribution in [0.2, 0.25) is 0 Å². The van der Waals surface area contributed by atoms with Gasteiger partial charge >= 0.3 is 0 Å². The van der Waals surface area contributed by atoms with E-state index in [4.69, 9.17) is 4.74 Å². The number of hydrogen-bond acceptors (Lipinski definition) is 6. The van der Waals surface area contributed by atoms with Gasteiger partial charge in [0.25, 0.3) is 0 Å². The summed E-state index contributed by atoms with van der Waals surface area (Å²) >= 11 is 0. The van der Waals surface area contributed by atoms with E-state index in [2.05, 4.69) is 39.6 Å². The first kappa shape index (κ1) is 15.7. The molecule has 6 nitrogen and oxygen atoms in total. The van der Waals surface area contributed by atoms with Crippen LogP contribution < -0.4 is 10.6 Å². The molecule has 0 aliphatic rings. The van der Waals surface area contributed by atoms with Crippen LogP contribution in [0.5, 0.6) is 0 Å². The molecule has 0 atom stereocenters. The molecule has 0 bridgehead atoms. The molecule has 1 heterocycles. The number of methoxy groups -OCH3 is 1. The van der Waals surface area contributed by atoms with Crippen LogP contribution in [-0.4, -0.2) is 55.7 Å². The summed E-state index contributed by atoms with van der Waals surface area (Å²) in [5.74, 6) is 2.37. The average molecular weight is 267 g/mol. The molecule has 0 saturated heterocycles. The molecule has 0 aliphatic carbocycles. The highest BCUT2D eigenvalue weighted by molar-refractivity contribution is 5.47. The number of rotatable bonds is 9. The SMILES string of the molecule is CCNc1cc(NCCCN(C)C)nc(COC)n1. The van der Waals surface area contributed by atoms with Gasteiger partial charge in [-0.2, -0.15) is 0 Å². The Balaban J connectivity index is 2.59. The molecule has 2 N–H and O–H groups in total. The summed E-state index contributed by atoms with van der Waals surface area (Å²) in [5, 5.41) is 6.52. The van der Waals surface area contributed by atoms with Gasteiger partial charge in [-0.25, -0.2) is 9.97 Å². The Hall–Kier alpha value is -1.40. The molecule has 0 amide bonds. The largest absolute Gasteiger partial charge is 0.377 e. The Morgan fingerprint density at radius 3 is 2.47 bits per heavy atom. The lowest BCUT2D eigenvalue weighted by molar-refractivity contribution is 0.178. The quantitative estimate of drug-likeness (QED) is 0.660. The predicted molar refractivity (Wildman–Crippen MR) is 78.6 cm³/mol. The molecular weight excluding hydrogens is 242 g/mol.